The van der Waals surface area contributed by atoms with E-state index in [-0.39, 0.29) is 16.8 Å². The van der Waals surface area contributed by atoms with Gasteiger partial charge in [0, 0.05) is 26.6 Å². The van der Waals surface area contributed by atoms with Crippen molar-refractivity contribution in [3.8, 4) is 0 Å². The van der Waals surface area contributed by atoms with Crippen molar-refractivity contribution in [3.63, 3.8) is 0 Å². The van der Waals surface area contributed by atoms with Gasteiger partial charge in [-0.2, -0.15) is 0 Å². The van der Waals surface area contributed by atoms with E-state index >= 15 is 0 Å². The average Bonchev–Trinajstić information content (AvgIpc) is 2.27. The zero-order chi connectivity index (χ0) is 13.0. The standard InChI is InChI=1S/C13H17ClO2S/c1-9(2)10(3)17(16)8-13(15)11-5-4-6-12(14)7-11/h4-7,9-10H,8H2,1-3H3. The van der Waals surface area contributed by atoms with E-state index in [0.29, 0.717) is 16.5 Å². The van der Waals surface area contributed by atoms with Gasteiger partial charge >= 0.3 is 0 Å². The second-order valence-corrected chi connectivity index (χ2v) is 6.64. The summed E-state index contributed by atoms with van der Waals surface area (Å²) in [6.07, 6.45) is 0. The number of carbonyl (C=O) groups is 1. The molecule has 0 fully saturated rings. The van der Waals surface area contributed by atoms with Crippen molar-refractivity contribution < 1.29 is 9.00 Å². The summed E-state index contributed by atoms with van der Waals surface area (Å²) in [7, 11) is -1.12. The molecule has 0 heterocycles. The number of rotatable bonds is 5. The summed E-state index contributed by atoms with van der Waals surface area (Å²) in [4.78, 5) is 11.9. The lowest BCUT2D eigenvalue weighted by Gasteiger charge is -2.14. The first kappa shape index (κ1) is 14.4. The highest BCUT2D eigenvalue weighted by molar-refractivity contribution is 7.86. The number of carbonyl (C=O) groups excluding carboxylic acids is 1. The first-order valence-electron chi connectivity index (χ1n) is 5.57. The Balaban J connectivity index is 2.70. The van der Waals surface area contributed by atoms with Crippen LogP contribution in [0.15, 0.2) is 24.3 Å². The summed E-state index contributed by atoms with van der Waals surface area (Å²) in [5.74, 6) is 0.265. The van der Waals surface area contributed by atoms with Crippen LogP contribution < -0.4 is 0 Å². The maximum atomic E-state index is 11.9. The normalized spacial score (nSPS) is 14.6. The van der Waals surface area contributed by atoms with Gasteiger partial charge in [0.25, 0.3) is 0 Å². The van der Waals surface area contributed by atoms with Crippen LogP contribution in [0.4, 0.5) is 0 Å². The Morgan fingerprint density at radius 1 is 1.35 bits per heavy atom. The van der Waals surface area contributed by atoms with E-state index < -0.39 is 10.8 Å². The van der Waals surface area contributed by atoms with Gasteiger partial charge in [-0.25, -0.2) is 0 Å². The Morgan fingerprint density at radius 3 is 2.53 bits per heavy atom. The summed E-state index contributed by atoms with van der Waals surface area (Å²) in [5.41, 5.74) is 0.529. The number of Topliss-reactive ketones (excluding diaryl/α,β-unsaturated/α-hetero) is 1. The van der Waals surface area contributed by atoms with Crippen LogP contribution >= 0.6 is 11.6 Å². The first-order chi connectivity index (χ1) is 7.91. The Labute approximate surface area is 110 Å². The second kappa shape index (κ2) is 6.31. The molecule has 4 heteroatoms. The zero-order valence-corrected chi connectivity index (χ0v) is 11.8. The number of halogens is 1. The largest absolute Gasteiger partial charge is 0.293 e. The van der Waals surface area contributed by atoms with E-state index in [9.17, 15) is 9.00 Å². The zero-order valence-electron chi connectivity index (χ0n) is 10.3. The molecule has 2 unspecified atom stereocenters. The summed E-state index contributed by atoms with van der Waals surface area (Å²) in [6, 6.07) is 6.75. The van der Waals surface area contributed by atoms with E-state index in [0.717, 1.165) is 0 Å². The molecule has 0 saturated carbocycles. The molecule has 0 bridgehead atoms. The molecule has 0 N–H and O–H groups in total. The lowest BCUT2D eigenvalue weighted by Crippen LogP contribution is -2.24. The maximum absolute atomic E-state index is 11.9. The molecule has 0 radical (unpaired) electrons. The molecule has 94 valence electrons. The topological polar surface area (TPSA) is 34.1 Å². The first-order valence-corrected chi connectivity index (χ1v) is 7.33. The molecule has 1 aromatic carbocycles. The maximum Gasteiger partial charge on any atom is 0.175 e. The fraction of sp³-hybridized carbons (Fsp3) is 0.462. The Hall–Kier alpha value is -0.670. The van der Waals surface area contributed by atoms with Gasteiger partial charge in [0.05, 0.1) is 5.75 Å². The molecule has 0 aliphatic rings. The molecular formula is C13H17ClO2S. The van der Waals surface area contributed by atoms with Crippen LogP contribution in [0.2, 0.25) is 5.02 Å². The summed E-state index contributed by atoms with van der Waals surface area (Å²) in [5, 5.41) is 0.552. The van der Waals surface area contributed by atoms with Gasteiger partial charge in [-0.1, -0.05) is 44.5 Å². The van der Waals surface area contributed by atoms with Crippen molar-refractivity contribution in [2.45, 2.75) is 26.0 Å². The summed E-state index contributed by atoms with van der Waals surface area (Å²) >= 11 is 5.81. The molecule has 17 heavy (non-hydrogen) atoms. The van der Waals surface area contributed by atoms with Crippen molar-refractivity contribution in [1.82, 2.24) is 0 Å². The van der Waals surface area contributed by atoms with E-state index in [1.165, 1.54) is 0 Å². The quantitative estimate of drug-likeness (QED) is 0.771. The molecule has 0 saturated heterocycles. The van der Waals surface area contributed by atoms with E-state index in [1.807, 2.05) is 20.8 Å². The smallest absolute Gasteiger partial charge is 0.175 e. The molecule has 2 atom stereocenters. The van der Waals surface area contributed by atoms with Crippen LogP contribution in [-0.2, 0) is 10.8 Å². The molecule has 1 aromatic rings. The van der Waals surface area contributed by atoms with Crippen LogP contribution in [0.3, 0.4) is 0 Å². The van der Waals surface area contributed by atoms with Crippen LogP contribution in [0.25, 0.3) is 0 Å². The van der Waals surface area contributed by atoms with Crippen molar-refractivity contribution >= 4 is 28.2 Å². The third kappa shape index (κ3) is 4.25. The molecule has 0 aliphatic heterocycles. The highest BCUT2D eigenvalue weighted by Gasteiger charge is 2.18. The van der Waals surface area contributed by atoms with Gasteiger partial charge in [-0.15, -0.1) is 0 Å². The van der Waals surface area contributed by atoms with Gasteiger partial charge in [0.1, 0.15) is 0 Å². The molecular weight excluding hydrogens is 256 g/mol. The highest BCUT2D eigenvalue weighted by atomic mass is 35.5. The minimum Gasteiger partial charge on any atom is -0.293 e. The second-order valence-electron chi connectivity index (χ2n) is 4.41. The van der Waals surface area contributed by atoms with Crippen molar-refractivity contribution in [2.24, 2.45) is 5.92 Å². The van der Waals surface area contributed by atoms with Gasteiger partial charge in [-0.05, 0) is 18.1 Å². The van der Waals surface area contributed by atoms with Crippen molar-refractivity contribution in [2.75, 3.05) is 5.75 Å². The summed E-state index contributed by atoms with van der Waals surface area (Å²) in [6.45, 7) is 5.92. The minimum absolute atomic E-state index is 0.0261. The van der Waals surface area contributed by atoms with Crippen LogP contribution in [0, 0.1) is 5.92 Å². The number of ketones is 1. The van der Waals surface area contributed by atoms with Crippen molar-refractivity contribution in [1.29, 1.82) is 0 Å². The Kier molecular flexibility index (Phi) is 5.34. The molecule has 0 amide bonds. The molecule has 1 rings (SSSR count). The fourth-order valence-electron chi connectivity index (χ4n) is 1.31. The van der Waals surface area contributed by atoms with Gasteiger partial charge in [-0.3, -0.25) is 9.00 Å². The number of benzene rings is 1. The third-order valence-corrected chi connectivity index (χ3v) is 4.93. The predicted octanol–water partition coefficient (Wildman–Crippen LogP) is 3.32. The number of hydrogen-bond donors (Lipinski definition) is 0. The van der Waals surface area contributed by atoms with E-state index in [1.54, 1.807) is 24.3 Å². The SMILES string of the molecule is CC(C)C(C)S(=O)CC(=O)c1cccc(Cl)c1. The van der Waals surface area contributed by atoms with Gasteiger partial charge in [0.15, 0.2) is 5.78 Å². The Morgan fingerprint density at radius 2 is 2.00 bits per heavy atom. The fourth-order valence-corrected chi connectivity index (χ4v) is 2.79. The molecule has 0 spiro atoms. The van der Waals surface area contributed by atoms with Crippen LogP contribution in [-0.4, -0.2) is 21.0 Å². The monoisotopic (exact) mass is 272 g/mol. The predicted molar refractivity (Wildman–Crippen MR) is 73.1 cm³/mol. The van der Waals surface area contributed by atoms with Crippen molar-refractivity contribution in [3.05, 3.63) is 34.9 Å². The van der Waals surface area contributed by atoms with E-state index in [4.69, 9.17) is 11.6 Å². The van der Waals surface area contributed by atoms with Crippen LogP contribution in [0.1, 0.15) is 31.1 Å². The summed E-state index contributed by atoms with van der Waals surface area (Å²) < 4.78 is 11.9. The average molecular weight is 273 g/mol. The lowest BCUT2D eigenvalue weighted by atomic mass is 10.1. The Bertz CT molecular complexity index is 429. The third-order valence-electron chi connectivity index (χ3n) is 2.77. The van der Waals surface area contributed by atoms with Crippen LogP contribution in [0.5, 0.6) is 0 Å². The van der Waals surface area contributed by atoms with Gasteiger partial charge in [0.2, 0.25) is 0 Å². The van der Waals surface area contributed by atoms with Gasteiger partial charge < -0.3 is 0 Å². The lowest BCUT2D eigenvalue weighted by molar-refractivity contribution is 0.102. The van der Waals surface area contributed by atoms with E-state index in [2.05, 4.69) is 0 Å². The minimum atomic E-state index is -1.12. The number of hydrogen-bond acceptors (Lipinski definition) is 2. The highest BCUT2D eigenvalue weighted by Crippen LogP contribution is 2.14. The molecule has 0 aromatic heterocycles. The molecule has 0 aliphatic carbocycles. The molecule has 2 nitrogen and oxygen atoms in total.